The lowest BCUT2D eigenvalue weighted by molar-refractivity contribution is 0.414. The monoisotopic (exact) mass is 310 g/mol. The first-order valence-corrected chi connectivity index (χ1v) is 6.87. The van der Waals surface area contributed by atoms with E-state index in [4.69, 9.17) is 22.2 Å². The summed E-state index contributed by atoms with van der Waals surface area (Å²) < 4.78 is 5.23. The molecule has 2 aromatic carbocycles. The summed E-state index contributed by atoms with van der Waals surface area (Å²) >= 11 is 5.14. The molecule has 2 rings (SSSR count). The van der Waals surface area contributed by atoms with Crippen LogP contribution in [0.3, 0.4) is 0 Å². The van der Waals surface area contributed by atoms with Crippen LogP contribution in [0.5, 0.6) is 5.75 Å². The van der Waals surface area contributed by atoms with Gasteiger partial charge < -0.3 is 10.1 Å². The van der Waals surface area contributed by atoms with Crippen LogP contribution in [-0.2, 0) is 0 Å². The minimum Gasteiger partial charge on any atom is -0.496 e. The number of nitrogens with zero attached hydrogens (tertiary/aromatic N) is 2. The Morgan fingerprint density at radius 2 is 2.09 bits per heavy atom. The molecule has 0 fully saturated rings. The number of ether oxygens (including phenoxy) is 1. The molecule has 0 atom stereocenters. The number of thiocarbonyl (C=S) groups is 1. The van der Waals surface area contributed by atoms with E-state index >= 15 is 0 Å². The van der Waals surface area contributed by atoms with Gasteiger partial charge in [-0.15, -0.1) is 0 Å². The fourth-order valence-electron chi connectivity index (χ4n) is 1.76. The predicted octanol–water partition coefficient (Wildman–Crippen LogP) is 2.89. The number of nitrogens with one attached hydrogen (secondary N) is 2. The third-order valence-electron chi connectivity index (χ3n) is 2.76. The van der Waals surface area contributed by atoms with Crippen LogP contribution in [0.1, 0.15) is 11.1 Å². The lowest BCUT2D eigenvalue weighted by Crippen LogP contribution is -2.23. The van der Waals surface area contributed by atoms with Crippen LogP contribution in [0.4, 0.5) is 5.69 Å². The quantitative estimate of drug-likeness (QED) is 0.516. The summed E-state index contributed by atoms with van der Waals surface area (Å²) in [4.78, 5) is 0. The van der Waals surface area contributed by atoms with E-state index in [2.05, 4.69) is 21.9 Å². The summed E-state index contributed by atoms with van der Waals surface area (Å²) in [6.45, 7) is 0. The Labute approximate surface area is 134 Å². The minimum absolute atomic E-state index is 0.334. The van der Waals surface area contributed by atoms with Crippen LogP contribution in [0.25, 0.3) is 0 Å². The molecule has 0 aliphatic rings. The van der Waals surface area contributed by atoms with E-state index < -0.39 is 0 Å². The second-order valence-corrected chi connectivity index (χ2v) is 4.67. The van der Waals surface area contributed by atoms with E-state index in [1.54, 1.807) is 31.5 Å². The van der Waals surface area contributed by atoms with Crippen LogP contribution < -0.4 is 15.5 Å². The largest absolute Gasteiger partial charge is 0.496 e. The molecule has 0 aromatic heterocycles. The van der Waals surface area contributed by atoms with Gasteiger partial charge in [0.05, 0.1) is 25.0 Å². The van der Waals surface area contributed by atoms with Crippen LogP contribution in [0.2, 0.25) is 0 Å². The molecule has 0 bridgehead atoms. The zero-order valence-electron chi connectivity index (χ0n) is 11.9. The summed E-state index contributed by atoms with van der Waals surface area (Å²) in [6, 6.07) is 16.6. The number of benzene rings is 2. The summed E-state index contributed by atoms with van der Waals surface area (Å²) in [5, 5.41) is 16.2. The minimum atomic E-state index is 0.334. The first-order valence-electron chi connectivity index (χ1n) is 6.46. The van der Waals surface area contributed by atoms with Crippen molar-refractivity contribution in [1.82, 2.24) is 5.43 Å². The maximum absolute atomic E-state index is 8.85. The highest BCUT2D eigenvalue weighted by atomic mass is 32.1. The highest BCUT2D eigenvalue weighted by Gasteiger charge is 1.99. The lowest BCUT2D eigenvalue weighted by atomic mass is 10.2. The van der Waals surface area contributed by atoms with Crippen LogP contribution in [0.15, 0.2) is 53.6 Å². The highest BCUT2D eigenvalue weighted by molar-refractivity contribution is 7.80. The van der Waals surface area contributed by atoms with Crippen molar-refractivity contribution in [2.75, 3.05) is 12.4 Å². The molecular weight excluding hydrogens is 296 g/mol. The third kappa shape index (κ3) is 4.30. The lowest BCUT2D eigenvalue weighted by Gasteiger charge is -2.07. The summed E-state index contributed by atoms with van der Waals surface area (Å²) in [5.74, 6) is 0.730. The van der Waals surface area contributed by atoms with Gasteiger partial charge in [0.2, 0.25) is 0 Å². The SMILES string of the molecule is COc1ccccc1C=NNC(=S)Nc1cccc(C#N)c1. The van der Waals surface area contributed by atoms with E-state index in [-0.39, 0.29) is 0 Å². The Morgan fingerprint density at radius 1 is 1.27 bits per heavy atom. The molecule has 2 N–H and O–H groups in total. The van der Waals surface area contributed by atoms with Gasteiger partial charge in [0.25, 0.3) is 0 Å². The number of anilines is 1. The second-order valence-electron chi connectivity index (χ2n) is 4.26. The van der Waals surface area contributed by atoms with Crippen molar-refractivity contribution in [3.8, 4) is 11.8 Å². The molecule has 22 heavy (non-hydrogen) atoms. The molecule has 0 radical (unpaired) electrons. The van der Waals surface area contributed by atoms with Crippen molar-refractivity contribution in [1.29, 1.82) is 5.26 Å². The topological polar surface area (TPSA) is 69.4 Å². The fourth-order valence-corrected chi connectivity index (χ4v) is 1.93. The number of hydrogen-bond donors (Lipinski definition) is 2. The Bertz CT molecular complexity index is 737. The maximum Gasteiger partial charge on any atom is 0.191 e. The van der Waals surface area contributed by atoms with Gasteiger partial charge in [0.1, 0.15) is 5.75 Å². The van der Waals surface area contributed by atoms with Gasteiger partial charge in [0.15, 0.2) is 5.11 Å². The first kappa shape index (κ1) is 15.5. The van der Waals surface area contributed by atoms with Crippen molar-refractivity contribution in [2.24, 2.45) is 5.10 Å². The number of para-hydroxylation sites is 1. The predicted molar refractivity (Wildman–Crippen MR) is 91.1 cm³/mol. The van der Waals surface area contributed by atoms with E-state index in [0.717, 1.165) is 17.0 Å². The molecule has 0 heterocycles. The number of nitriles is 1. The zero-order valence-corrected chi connectivity index (χ0v) is 12.7. The van der Waals surface area contributed by atoms with Crippen LogP contribution in [0, 0.1) is 11.3 Å². The molecule has 0 spiro atoms. The Hall–Kier alpha value is -2.91. The van der Waals surface area contributed by atoms with Crippen molar-refractivity contribution < 1.29 is 4.74 Å². The average Bonchev–Trinajstić information content (AvgIpc) is 2.55. The maximum atomic E-state index is 8.85. The van der Waals surface area contributed by atoms with Gasteiger partial charge in [-0.2, -0.15) is 10.4 Å². The van der Waals surface area contributed by atoms with Crippen molar-refractivity contribution in [3.63, 3.8) is 0 Å². The summed E-state index contributed by atoms with van der Waals surface area (Å²) in [6.07, 6.45) is 1.62. The summed E-state index contributed by atoms with van der Waals surface area (Å²) in [7, 11) is 1.61. The Balaban J connectivity index is 1.95. The van der Waals surface area contributed by atoms with Crippen LogP contribution in [-0.4, -0.2) is 18.4 Å². The van der Waals surface area contributed by atoms with E-state index in [1.807, 2.05) is 30.3 Å². The molecule has 6 heteroatoms. The molecular formula is C16H14N4OS. The van der Waals surface area contributed by atoms with Crippen LogP contribution >= 0.6 is 12.2 Å². The fraction of sp³-hybridized carbons (Fsp3) is 0.0625. The molecule has 110 valence electrons. The molecule has 2 aromatic rings. The molecule has 0 aliphatic heterocycles. The van der Waals surface area contributed by atoms with Crippen molar-refractivity contribution >= 4 is 29.2 Å². The van der Waals surface area contributed by atoms with Gasteiger partial charge in [0, 0.05) is 11.3 Å². The van der Waals surface area contributed by atoms with E-state index in [0.29, 0.717) is 10.7 Å². The van der Waals surface area contributed by atoms with Crippen molar-refractivity contribution in [3.05, 3.63) is 59.7 Å². The number of hydrogen-bond acceptors (Lipinski definition) is 4. The van der Waals surface area contributed by atoms with Gasteiger partial charge in [-0.1, -0.05) is 18.2 Å². The number of methoxy groups -OCH3 is 1. The highest BCUT2D eigenvalue weighted by Crippen LogP contribution is 2.14. The van der Waals surface area contributed by atoms with E-state index in [1.165, 1.54) is 0 Å². The zero-order chi connectivity index (χ0) is 15.8. The van der Waals surface area contributed by atoms with E-state index in [9.17, 15) is 0 Å². The third-order valence-corrected chi connectivity index (χ3v) is 2.95. The molecule has 0 unspecified atom stereocenters. The number of rotatable bonds is 4. The smallest absolute Gasteiger partial charge is 0.191 e. The van der Waals surface area contributed by atoms with Crippen molar-refractivity contribution in [2.45, 2.75) is 0 Å². The van der Waals surface area contributed by atoms with Gasteiger partial charge in [-0.05, 0) is 42.5 Å². The molecule has 0 saturated heterocycles. The first-order chi connectivity index (χ1) is 10.7. The molecule has 0 aliphatic carbocycles. The second kappa shape index (κ2) is 7.76. The van der Waals surface area contributed by atoms with Gasteiger partial charge in [-0.3, -0.25) is 5.43 Å². The number of hydrazone groups is 1. The molecule has 5 nitrogen and oxygen atoms in total. The van der Waals surface area contributed by atoms with Gasteiger partial charge >= 0.3 is 0 Å². The standard InChI is InChI=1S/C16H14N4OS/c1-21-15-8-3-2-6-13(15)11-18-20-16(22)19-14-7-4-5-12(9-14)10-17/h2-9,11H,1H3,(H2,19,20,22). The summed E-state index contributed by atoms with van der Waals surface area (Å²) in [5.41, 5.74) is 4.85. The normalized spacial score (nSPS) is 10.0. The Kier molecular flexibility index (Phi) is 5.46. The average molecular weight is 310 g/mol. The Morgan fingerprint density at radius 3 is 2.86 bits per heavy atom. The molecule has 0 saturated carbocycles. The molecule has 0 amide bonds. The van der Waals surface area contributed by atoms with Gasteiger partial charge in [-0.25, -0.2) is 0 Å².